The molecule has 0 radical (unpaired) electrons. The summed E-state index contributed by atoms with van der Waals surface area (Å²) in [5.41, 5.74) is 0.261. The summed E-state index contributed by atoms with van der Waals surface area (Å²) in [7, 11) is 0. The van der Waals surface area contributed by atoms with E-state index in [1.807, 2.05) is 30.3 Å². The number of halogens is 3. The van der Waals surface area contributed by atoms with Crippen molar-refractivity contribution in [2.75, 3.05) is 0 Å². The number of nitrogens with one attached hydrogen (secondary N) is 1. The van der Waals surface area contributed by atoms with Gasteiger partial charge in [-0.3, -0.25) is 4.79 Å². The summed E-state index contributed by atoms with van der Waals surface area (Å²) in [6, 6.07) is 14.4. The van der Waals surface area contributed by atoms with Crippen LogP contribution in [0.5, 0.6) is 0 Å². The van der Waals surface area contributed by atoms with E-state index >= 15 is 0 Å². The number of rotatable bonds is 5. The van der Waals surface area contributed by atoms with E-state index in [0.717, 1.165) is 29.5 Å². The Hall–Kier alpha value is -1.95. The van der Waals surface area contributed by atoms with Crippen LogP contribution in [0.3, 0.4) is 0 Å². The Morgan fingerprint density at radius 1 is 1.13 bits per heavy atom. The Labute approximate surface area is 137 Å². The van der Waals surface area contributed by atoms with E-state index in [4.69, 9.17) is 0 Å². The average molecular weight is 339 g/mol. The van der Waals surface area contributed by atoms with Crippen LogP contribution in [0.15, 0.2) is 59.5 Å². The number of carbonyl (C=O) groups is 1. The van der Waals surface area contributed by atoms with Crippen LogP contribution in [0, 0.1) is 0 Å². The molecule has 0 saturated heterocycles. The number of hydrogen-bond acceptors (Lipinski definition) is 2. The smallest absolute Gasteiger partial charge is 0.351 e. The maximum absolute atomic E-state index is 12.7. The Kier molecular flexibility index (Phi) is 5.71. The van der Waals surface area contributed by atoms with Gasteiger partial charge in [-0.1, -0.05) is 36.4 Å². The number of amides is 1. The minimum Gasteiger partial charge on any atom is -0.351 e. The van der Waals surface area contributed by atoms with Crippen molar-refractivity contribution in [2.45, 2.75) is 29.8 Å². The Morgan fingerprint density at radius 3 is 2.48 bits per heavy atom. The first-order valence-electron chi connectivity index (χ1n) is 7.02. The molecular weight excluding hydrogens is 323 g/mol. The second kappa shape index (κ2) is 7.55. The third kappa shape index (κ3) is 5.32. The molecule has 2 aromatic carbocycles. The first-order valence-corrected chi connectivity index (χ1v) is 7.90. The minimum absolute atomic E-state index is 0.212. The molecule has 2 aromatic rings. The number of benzene rings is 2. The van der Waals surface area contributed by atoms with Gasteiger partial charge in [0.2, 0.25) is 5.91 Å². The molecule has 0 spiro atoms. The standard InChI is InChI=1S/C17H16F3NOS/c1-12(16(22)21-11-13-6-3-2-4-7-13)23-15-9-5-8-14(10-15)17(18,19)20/h2-10,12H,11H2,1H3,(H,21,22)/t12-/m0/s1. The van der Waals surface area contributed by atoms with Crippen molar-refractivity contribution in [1.29, 1.82) is 0 Å². The van der Waals surface area contributed by atoms with Gasteiger partial charge in [0.05, 0.1) is 10.8 Å². The molecule has 0 unspecified atom stereocenters. The molecule has 1 N–H and O–H groups in total. The van der Waals surface area contributed by atoms with Crippen LogP contribution >= 0.6 is 11.8 Å². The molecule has 0 aliphatic rings. The fraction of sp³-hybridized carbons (Fsp3) is 0.235. The Bertz CT molecular complexity index is 658. The predicted molar refractivity (Wildman–Crippen MR) is 85.1 cm³/mol. The van der Waals surface area contributed by atoms with E-state index in [2.05, 4.69) is 5.32 Å². The van der Waals surface area contributed by atoms with Crippen LogP contribution in [0.4, 0.5) is 13.2 Å². The monoisotopic (exact) mass is 339 g/mol. The van der Waals surface area contributed by atoms with Crippen LogP contribution in [-0.2, 0) is 17.5 Å². The van der Waals surface area contributed by atoms with E-state index in [-0.39, 0.29) is 5.91 Å². The molecule has 0 aromatic heterocycles. The maximum atomic E-state index is 12.7. The van der Waals surface area contributed by atoms with Gasteiger partial charge in [0.15, 0.2) is 0 Å². The lowest BCUT2D eigenvalue weighted by atomic mass is 10.2. The van der Waals surface area contributed by atoms with Crippen molar-refractivity contribution in [2.24, 2.45) is 0 Å². The van der Waals surface area contributed by atoms with Gasteiger partial charge in [-0.15, -0.1) is 11.8 Å². The van der Waals surface area contributed by atoms with Gasteiger partial charge in [0.1, 0.15) is 0 Å². The van der Waals surface area contributed by atoms with Crippen molar-refractivity contribution in [3.05, 3.63) is 65.7 Å². The lowest BCUT2D eigenvalue weighted by molar-refractivity contribution is -0.137. The summed E-state index contributed by atoms with van der Waals surface area (Å²) in [5.74, 6) is -0.212. The number of thioether (sulfide) groups is 1. The fourth-order valence-corrected chi connectivity index (χ4v) is 2.88. The van der Waals surface area contributed by atoms with Gasteiger partial charge >= 0.3 is 6.18 Å². The minimum atomic E-state index is -4.38. The van der Waals surface area contributed by atoms with Gasteiger partial charge in [0.25, 0.3) is 0 Å². The molecule has 2 rings (SSSR count). The molecule has 122 valence electrons. The lowest BCUT2D eigenvalue weighted by Crippen LogP contribution is -2.30. The number of alkyl halides is 3. The second-order valence-corrected chi connectivity index (χ2v) is 6.40. The summed E-state index contributed by atoms with van der Waals surface area (Å²) >= 11 is 1.11. The van der Waals surface area contributed by atoms with E-state index in [1.165, 1.54) is 6.07 Å². The predicted octanol–water partition coefficient (Wildman–Crippen LogP) is 4.50. The molecule has 0 heterocycles. The molecular formula is C17H16F3NOS. The van der Waals surface area contributed by atoms with Gasteiger partial charge < -0.3 is 5.32 Å². The van der Waals surface area contributed by atoms with Gasteiger partial charge in [-0.05, 0) is 30.7 Å². The summed E-state index contributed by atoms with van der Waals surface area (Å²) in [5, 5.41) is 2.30. The zero-order valence-corrected chi connectivity index (χ0v) is 13.2. The van der Waals surface area contributed by atoms with Crippen LogP contribution in [-0.4, -0.2) is 11.2 Å². The van der Waals surface area contributed by atoms with E-state index in [0.29, 0.717) is 11.4 Å². The largest absolute Gasteiger partial charge is 0.416 e. The van der Waals surface area contributed by atoms with Crippen molar-refractivity contribution in [3.63, 3.8) is 0 Å². The third-order valence-corrected chi connectivity index (χ3v) is 4.25. The molecule has 23 heavy (non-hydrogen) atoms. The molecule has 0 bridgehead atoms. The first kappa shape index (κ1) is 17.4. The lowest BCUT2D eigenvalue weighted by Gasteiger charge is -2.13. The van der Waals surface area contributed by atoms with E-state index in [9.17, 15) is 18.0 Å². The second-order valence-electron chi connectivity index (χ2n) is 4.99. The highest BCUT2D eigenvalue weighted by atomic mass is 32.2. The van der Waals surface area contributed by atoms with Gasteiger partial charge in [0, 0.05) is 11.4 Å². The van der Waals surface area contributed by atoms with Crippen LogP contribution in [0.1, 0.15) is 18.1 Å². The number of carbonyl (C=O) groups excluding carboxylic acids is 1. The molecule has 0 aliphatic heterocycles. The third-order valence-electron chi connectivity index (χ3n) is 3.15. The molecule has 0 saturated carbocycles. The van der Waals surface area contributed by atoms with E-state index < -0.39 is 17.0 Å². The van der Waals surface area contributed by atoms with Crippen LogP contribution in [0.2, 0.25) is 0 Å². The quantitative estimate of drug-likeness (QED) is 0.813. The molecule has 6 heteroatoms. The Balaban J connectivity index is 1.93. The Morgan fingerprint density at radius 2 is 1.83 bits per heavy atom. The molecule has 2 nitrogen and oxygen atoms in total. The van der Waals surface area contributed by atoms with E-state index in [1.54, 1.807) is 13.0 Å². The fourth-order valence-electron chi connectivity index (χ4n) is 1.93. The average Bonchev–Trinajstić information content (AvgIpc) is 2.53. The van der Waals surface area contributed by atoms with Crippen LogP contribution < -0.4 is 5.32 Å². The molecule has 1 amide bonds. The summed E-state index contributed by atoms with van der Waals surface area (Å²) < 4.78 is 38.1. The number of hydrogen-bond donors (Lipinski definition) is 1. The normalized spacial score (nSPS) is 12.7. The van der Waals surface area contributed by atoms with Crippen molar-refractivity contribution >= 4 is 17.7 Å². The SMILES string of the molecule is C[C@H](Sc1cccc(C(F)(F)F)c1)C(=O)NCc1ccccc1. The van der Waals surface area contributed by atoms with Gasteiger partial charge in [-0.25, -0.2) is 0 Å². The molecule has 0 fully saturated rings. The van der Waals surface area contributed by atoms with Crippen molar-refractivity contribution < 1.29 is 18.0 Å². The first-order chi connectivity index (χ1) is 10.9. The molecule has 1 atom stereocenters. The summed E-state index contributed by atoms with van der Waals surface area (Å²) in [6.07, 6.45) is -4.38. The maximum Gasteiger partial charge on any atom is 0.416 e. The summed E-state index contributed by atoms with van der Waals surface area (Å²) in [4.78, 5) is 12.5. The molecule has 0 aliphatic carbocycles. The zero-order chi connectivity index (χ0) is 16.9. The van der Waals surface area contributed by atoms with Crippen LogP contribution in [0.25, 0.3) is 0 Å². The highest BCUT2D eigenvalue weighted by Gasteiger charge is 2.30. The highest BCUT2D eigenvalue weighted by Crippen LogP contribution is 2.33. The summed E-state index contributed by atoms with van der Waals surface area (Å²) in [6.45, 7) is 2.07. The van der Waals surface area contributed by atoms with Crippen molar-refractivity contribution in [1.82, 2.24) is 5.32 Å². The van der Waals surface area contributed by atoms with Crippen molar-refractivity contribution in [3.8, 4) is 0 Å². The zero-order valence-electron chi connectivity index (χ0n) is 12.4. The highest BCUT2D eigenvalue weighted by molar-refractivity contribution is 8.00. The topological polar surface area (TPSA) is 29.1 Å². The van der Waals surface area contributed by atoms with Gasteiger partial charge in [-0.2, -0.15) is 13.2 Å².